The van der Waals surface area contributed by atoms with Crippen LogP contribution in [0.15, 0.2) is 30.3 Å². The van der Waals surface area contributed by atoms with Crippen LogP contribution in [0.25, 0.3) is 6.08 Å². The average Bonchev–Trinajstić information content (AvgIpc) is 2.83. The van der Waals surface area contributed by atoms with Crippen LogP contribution in [0.3, 0.4) is 0 Å². The maximum Gasteiger partial charge on any atom is 0.453 e. The number of carbonyl (C=O) groups is 2. The fraction of sp³-hybridized carbons (Fsp3) is 0.630. The van der Waals surface area contributed by atoms with E-state index in [-0.39, 0.29) is 30.6 Å². The van der Waals surface area contributed by atoms with Gasteiger partial charge in [0, 0.05) is 12.5 Å². The highest BCUT2D eigenvalue weighted by molar-refractivity contribution is 5.87. The van der Waals surface area contributed by atoms with Gasteiger partial charge in [-0.15, -0.1) is 0 Å². The van der Waals surface area contributed by atoms with Crippen molar-refractivity contribution in [2.75, 3.05) is 6.61 Å². The molecule has 1 aromatic rings. The Kier molecular flexibility index (Phi) is 11.9. The zero-order valence-corrected chi connectivity index (χ0v) is 20.6. The molecule has 1 fully saturated rings. The molecule has 36 heavy (non-hydrogen) atoms. The summed E-state index contributed by atoms with van der Waals surface area (Å²) in [7, 11) is 0. The number of alkyl halides is 5. The lowest BCUT2D eigenvalue weighted by molar-refractivity contribution is -0.284. The molecule has 1 aliphatic carbocycles. The zero-order chi connectivity index (χ0) is 26.6. The molecule has 0 N–H and O–H groups in total. The number of rotatable bonds is 13. The third kappa shape index (κ3) is 10.3. The van der Waals surface area contributed by atoms with Crippen LogP contribution < -0.4 is 4.74 Å². The molecule has 0 radical (unpaired) electrons. The predicted octanol–water partition coefficient (Wildman–Crippen LogP) is 7.90. The van der Waals surface area contributed by atoms with Gasteiger partial charge in [-0.3, -0.25) is 4.79 Å². The summed E-state index contributed by atoms with van der Waals surface area (Å²) in [5.74, 6) is -5.38. The van der Waals surface area contributed by atoms with Crippen molar-refractivity contribution in [3.8, 4) is 5.75 Å². The van der Waals surface area contributed by atoms with E-state index in [4.69, 9.17) is 9.47 Å². The number of unbranched alkanes of at least 4 members (excludes halogenated alkanes) is 3. The van der Waals surface area contributed by atoms with Crippen LogP contribution in [-0.2, 0) is 14.3 Å². The normalized spacial score (nSPS) is 18.8. The molecule has 0 aromatic heterocycles. The highest BCUT2D eigenvalue weighted by atomic mass is 19.4. The number of carbonyl (C=O) groups excluding carboxylic acids is 2. The Morgan fingerprint density at radius 1 is 0.944 bits per heavy atom. The highest BCUT2D eigenvalue weighted by Crippen LogP contribution is 2.40. The number of ether oxygens (including phenoxy) is 2. The highest BCUT2D eigenvalue weighted by Gasteiger charge is 2.56. The lowest BCUT2D eigenvalue weighted by Crippen LogP contribution is -2.36. The molecule has 0 amide bonds. The van der Waals surface area contributed by atoms with Crippen LogP contribution >= 0.6 is 0 Å². The van der Waals surface area contributed by atoms with Gasteiger partial charge >= 0.3 is 24.0 Å². The second kappa shape index (κ2) is 14.3. The van der Waals surface area contributed by atoms with Crippen LogP contribution in [0.5, 0.6) is 5.75 Å². The Labute approximate surface area is 209 Å². The molecule has 2 rings (SSSR count). The van der Waals surface area contributed by atoms with Crippen molar-refractivity contribution in [3.05, 3.63) is 35.9 Å². The second-order valence-electron chi connectivity index (χ2n) is 9.36. The minimum absolute atomic E-state index is 0.0344. The maximum absolute atomic E-state index is 13.0. The monoisotopic (exact) mass is 518 g/mol. The Hall–Kier alpha value is -2.45. The number of hydrogen-bond acceptors (Lipinski definition) is 4. The fourth-order valence-corrected chi connectivity index (χ4v) is 4.20. The van der Waals surface area contributed by atoms with Gasteiger partial charge in [0.25, 0.3) is 0 Å². The number of esters is 2. The first kappa shape index (κ1) is 29.8. The van der Waals surface area contributed by atoms with E-state index < -0.39 is 24.5 Å². The van der Waals surface area contributed by atoms with Crippen molar-refractivity contribution < 1.29 is 41.0 Å². The van der Waals surface area contributed by atoms with E-state index in [0.717, 1.165) is 31.2 Å². The quantitative estimate of drug-likeness (QED) is 0.0876. The SMILES string of the molecule is CCCCCCOC(=O)C=Cc1ccc(OC(=O)C2CCC(CCCC(F)(F)C(F)(F)F)CC2)cc1. The van der Waals surface area contributed by atoms with E-state index >= 15 is 0 Å². The summed E-state index contributed by atoms with van der Waals surface area (Å²) in [6.07, 6.45) is 2.65. The molecule has 0 atom stereocenters. The van der Waals surface area contributed by atoms with Gasteiger partial charge in [-0.1, -0.05) is 44.7 Å². The molecular weight excluding hydrogens is 483 g/mol. The maximum atomic E-state index is 13.0. The Morgan fingerprint density at radius 3 is 2.22 bits per heavy atom. The fourth-order valence-electron chi connectivity index (χ4n) is 4.20. The largest absolute Gasteiger partial charge is 0.463 e. The van der Waals surface area contributed by atoms with Crippen LogP contribution in [0, 0.1) is 11.8 Å². The van der Waals surface area contributed by atoms with Gasteiger partial charge in [-0.25, -0.2) is 4.79 Å². The third-order valence-corrected chi connectivity index (χ3v) is 6.45. The van der Waals surface area contributed by atoms with E-state index in [0.29, 0.717) is 38.0 Å². The topological polar surface area (TPSA) is 52.6 Å². The molecule has 1 aliphatic rings. The van der Waals surface area contributed by atoms with Crippen LogP contribution in [0.2, 0.25) is 0 Å². The van der Waals surface area contributed by atoms with Crippen molar-refractivity contribution in [1.82, 2.24) is 0 Å². The first-order valence-electron chi connectivity index (χ1n) is 12.6. The Bertz CT molecular complexity index is 841. The standard InChI is InChI=1S/C27H35F5O4/c1-2-3-4-5-19-35-24(33)17-12-21-10-15-23(16-11-21)36-25(34)22-13-8-20(9-14-22)7-6-18-26(28,29)27(30,31)32/h10-12,15-17,20,22H,2-9,13-14,18-19H2,1H3. The van der Waals surface area contributed by atoms with E-state index in [1.54, 1.807) is 30.3 Å². The number of halogens is 5. The Morgan fingerprint density at radius 2 is 1.61 bits per heavy atom. The minimum Gasteiger partial charge on any atom is -0.463 e. The van der Waals surface area contributed by atoms with Crippen molar-refractivity contribution >= 4 is 18.0 Å². The summed E-state index contributed by atoms with van der Waals surface area (Å²) < 4.78 is 73.4. The lowest BCUT2D eigenvalue weighted by atomic mass is 9.79. The van der Waals surface area contributed by atoms with E-state index in [9.17, 15) is 31.5 Å². The zero-order valence-electron chi connectivity index (χ0n) is 20.6. The summed E-state index contributed by atoms with van der Waals surface area (Å²) >= 11 is 0. The molecule has 0 aliphatic heterocycles. The van der Waals surface area contributed by atoms with Crippen molar-refractivity contribution in [1.29, 1.82) is 0 Å². The molecule has 1 aromatic carbocycles. The molecule has 0 bridgehead atoms. The average molecular weight is 519 g/mol. The van der Waals surface area contributed by atoms with Crippen LogP contribution in [-0.4, -0.2) is 30.6 Å². The molecule has 0 heterocycles. The van der Waals surface area contributed by atoms with Crippen LogP contribution in [0.1, 0.15) is 83.1 Å². The first-order valence-corrected chi connectivity index (χ1v) is 12.6. The number of benzene rings is 1. The van der Waals surface area contributed by atoms with Gasteiger partial charge in [-0.2, -0.15) is 22.0 Å². The first-order chi connectivity index (χ1) is 17.0. The van der Waals surface area contributed by atoms with Gasteiger partial charge in [0.15, 0.2) is 0 Å². The molecule has 0 spiro atoms. The van der Waals surface area contributed by atoms with Crippen molar-refractivity contribution in [3.63, 3.8) is 0 Å². The molecule has 4 nitrogen and oxygen atoms in total. The third-order valence-electron chi connectivity index (χ3n) is 6.45. The molecular formula is C27H35F5O4. The van der Waals surface area contributed by atoms with Crippen molar-refractivity contribution in [2.45, 2.75) is 89.7 Å². The van der Waals surface area contributed by atoms with Gasteiger partial charge in [0.2, 0.25) is 0 Å². The minimum atomic E-state index is -5.51. The van der Waals surface area contributed by atoms with Gasteiger partial charge < -0.3 is 9.47 Å². The smallest absolute Gasteiger partial charge is 0.453 e. The van der Waals surface area contributed by atoms with E-state index in [1.165, 1.54) is 6.08 Å². The van der Waals surface area contributed by atoms with Gasteiger partial charge in [0.1, 0.15) is 5.75 Å². The number of hydrogen-bond donors (Lipinski definition) is 0. The molecule has 0 saturated heterocycles. The molecule has 0 unspecified atom stereocenters. The molecule has 1 saturated carbocycles. The predicted molar refractivity (Wildman–Crippen MR) is 127 cm³/mol. The van der Waals surface area contributed by atoms with E-state index in [1.807, 2.05) is 0 Å². The summed E-state index contributed by atoms with van der Waals surface area (Å²) in [5, 5.41) is 0. The molecule has 202 valence electrons. The van der Waals surface area contributed by atoms with Crippen molar-refractivity contribution in [2.24, 2.45) is 11.8 Å². The second-order valence-corrected chi connectivity index (χ2v) is 9.36. The lowest BCUT2D eigenvalue weighted by Gasteiger charge is -2.28. The van der Waals surface area contributed by atoms with E-state index in [2.05, 4.69) is 6.92 Å². The summed E-state index contributed by atoms with van der Waals surface area (Å²) in [6.45, 7) is 2.51. The molecule has 9 heteroatoms. The van der Waals surface area contributed by atoms with Crippen LogP contribution in [0.4, 0.5) is 22.0 Å². The van der Waals surface area contributed by atoms with Gasteiger partial charge in [0.05, 0.1) is 12.5 Å². The summed E-state index contributed by atoms with van der Waals surface area (Å²) in [5.41, 5.74) is 0.745. The summed E-state index contributed by atoms with van der Waals surface area (Å²) in [4.78, 5) is 24.2. The van der Waals surface area contributed by atoms with Gasteiger partial charge in [-0.05, 0) is 68.2 Å². The summed E-state index contributed by atoms with van der Waals surface area (Å²) in [6, 6.07) is 6.67. The Balaban J connectivity index is 1.69.